The molecule has 10 heteroatoms. The molecule has 3 aromatic rings. The van der Waals surface area contributed by atoms with Gasteiger partial charge in [0.2, 0.25) is 0 Å². The van der Waals surface area contributed by atoms with Gasteiger partial charge in [-0.05, 0) is 49.3 Å². The van der Waals surface area contributed by atoms with Gasteiger partial charge in [0, 0.05) is 6.04 Å². The lowest BCUT2D eigenvalue weighted by Crippen LogP contribution is -2.24. The van der Waals surface area contributed by atoms with E-state index in [0.717, 1.165) is 12.8 Å². The minimum atomic E-state index is -3.54. The monoisotopic (exact) mass is 418 g/mol. The minimum absolute atomic E-state index is 0.0466. The van der Waals surface area contributed by atoms with E-state index in [2.05, 4.69) is 15.5 Å². The third-order valence-corrected chi connectivity index (χ3v) is 6.36. The Bertz CT molecular complexity index is 1160. The average Bonchev–Trinajstić information content (AvgIpc) is 3.30. The van der Waals surface area contributed by atoms with E-state index in [-0.39, 0.29) is 28.7 Å². The van der Waals surface area contributed by atoms with Crippen molar-refractivity contribution in [1.82, 2.24) is 20.1 Å². The van der Waals surface area contributed by atoms with Crippen molar-refractivity contribution < 1.29 is 17.6 Å². The van der Waals surface area contributed by atoms with Gasteiger partial charge in [-0.15, -0.1) is 0 Å². The smallest absolute Gasteiger partial charge is 0.287 e. The van der Waals surface area contributed by atoms with Crippen LogP contribution in [0.4, 0.5) is 0 Å². The number of sulfone groups is 1. The Balaban J connectivity index is 1.41. The fourth-order valence-corrected chi connectivity index (χ4v) is 4.46. The van der Waals surface area contributed by atoms with Crippen molar-refractivity contribution in [3.63, 3.8) is 0 Å². The predicted octanol–water partition coefficient (Wildman–Crippen LogP) is 2.77. The zero-order valence-corrected chi connectivity index (χ0v) is 16.4. The molecule has 4 rings (SSSR count). The second kappa shape index (κ2) is 7.36. The summed E-state index contributed by atoms with van der Waals surface area (Å²) in [7, 11) is -3.54. The molecule has 1 aromatic carbocycles. The molecule has 1 aliphatic rings. The molecule has 2 aromatic heterocycles. The van der Waals surface area contributed by atoms with Gasteiger partial charge < -0.3 is 9.73 Å². The summed E-state index contributed by atoms with van der Waals surface area (Å²) in [4.78, 5) is 12.6. The van der Waals surface area contributed by atoms with E-state index in [1.807, 2.05) is 4.57 Å². The Morgan fingerprint density at radius 3 is 2.71 bits per heavy atom. The Morgan fingerprint density at radius 2 is 2.00 bits per heavy atom. The van der Waals surface area contributed by atoms with Crippen LogP contribution in [-0.4, -0.2) is 29.1 Å². The highest BCUT2D eigenvalue weighted by molar-refractivity contribution is 7.90. The fourth-order valence-electron chi connectivity index (χ4n) is 2.89. The van der Waals surface area contributed by atoms with E-state index in [1.54, 1.807) is 18.2 Å². The van der Waals surface area contributed by atoms with Crippen molar-refractivity contribution in [3.8, 4) is 0 Å². The molecule has 28 heavy (non-hydrogen) atoms. The molecule has 0 aliphatic heterocycles. The number of carbonyl (C=O) groups excluding carboxylic acids is 1. The molecule has 0 bridgehead atoms. The third-order valence-electron chi connectivity index (χ3n) is 4.42. The number of carbonyl (C=O) groups is 1. The van der Waals surface area contributed by atoms with Crippen LogP contribution in [0.25, 0.3) is 0 Å². The van der Waals surface area contributed by atoms with Crippen molar-refractivity contribution >= 4 is 28.0 Å². The molecular weight excluding hydrogens is 400 g/mol. The van der Waals surface area contributed by atoms with Crippen LogP contribution in [0, 0.1) is 4.77 Å². The summed E-state index contributed by atoms with van der Waals surface area (Å²) >= 11 is 5.21. The second-order valence-corrected chi connectivity index (χ2v) is 8.94. The first kappa shape index (κ1) is 18.6. The van der Waals surface area contributed by atoms with Crippen LogP contribution in [0.5, 0.6) is 0 Å². The van der Waals surface area contributed by atoms with Crippen LogP contribution < -0.4 is 5.32 Å². The molecule has 1 fully saturated rings. The van der Waals surface area contributed by atoms with Crippen molar-refractivity contribution in [2.75, 3.05) is 0 Å². The van der Waals surface area contributed by atoms with Crippen molar-refractivity contribution in [2.24, 2.45) is 0 Å². The Hall–Kier alpha value is -2.72. The third kappa shape index (κ3) is 3.92. The van der Waals surface area contributed by atoms with Crippen LogP contribution in [0.15, 0.2) is 51.8 Å². The summed E-state index contributed by atoms with van der Waals surface area (Å²) in [6, 6.07) is 11.4. The number of nitrogens with one attached hydrogen (secondary N) is 2. The number of aromatic amines is 1. The van der Waals surface area contributed by atoms with E-state index in [9.17, 15) is 13.2 Å². The van der Waals surface area contributed by atoms with Crippen molar-refractivity contribution in [2.45, 2.75) is 36.1 Å². The second-order valence-electron chi connectivity index (χ2n) is 6.57. The topological polar surface area (TPSA) is 110 Å². The van der Waals surface area contributed by atoms with Gasteiger partial charge in [0.1, 0.15) is 11.5 Å². The summed E-state index contributed by atoms with van der Waals surface area (Å²) < 4.78 is 32.7. The Kier molecular flexibility index (Phi) is 4.90. The summed E-state index contributed by atoms with van der Waals surface area (Å²) in [5, 5.41) is 9.62. The standard InChI is InChI=1S/C18H18N4O4S2/c23-17(19-10-16-20-21-18(27)22(16)12-6-7-12)15-9-8-13(26-15)11-28(24,25)14-4-2-1-3-5-14/h1-5,8-9,12H,6-7,10-11H2,(H,19,23)(H,21,27). The molecule has 2 N–H and O–H groups in total. The van der Waals surface area contributed by atoms with Crippen LogP contribution >= 0.6 is 12.2 Å². The highest BCUT2D eigenvalue weighted by Crippen LogP contribution is 2.35. The molecular formula is C18H18N4O4S2. The van der Waals surface area contributed by atoms with Gasteiger partial charge in [0.05, 0.1) is 11.4 Å². The van der Waals surface area contributed by atoms with E-state index < -0.39 is 15.7 Å². The molecule has 0 radical (unpaired) electrons. The minimum Gasteiger partial charge on any atom is -0.455 e. The summed E-state index contributed by atoms with van der Waals surface area (Å²) in [6.07, 6.45) is 2.10. The van der Waals surface area contributed by atoms with Gasteiger partial charge in [-0.3, -0.25) is 14.5 Å². The molecule has 0 unspecified atom stereocenters. The van der Waals surface area contributed by atoms with Gasteiger partial charge in [0.15, 0.2) is 26.2 Å². The maximum absolute atomic E-state index is 12.4. The number of furan rings is 1. The molecule has 0 spiro atoms. The first-order valence-electron chi connectivity index (χ1n) is 8.74. The molecule has 1 aliphatic carbocycles. The summed E-state index contributed by atoms with van der Waals surface area (Å²) in [6.45, 7) is 0.195. The number of rotatable bonds is 7. The largest absolute Gasteiger partial charge is 0.455 e. The average molecular weight is 419 g/mol. The Morgan fingerprint density at radius 1 is 1.25 bits per heavy atom. The quantitative estimate of drug-likeness (QED) is 0.571. The van der Waals surface area contributed by atoms with Crippen LogP contribution in [-0.2, 0) is 22.1 Å². The van der Waals surface area contributed by atoms with Crippen LogP contribution in [0.2, 0.25) is 0 Å². The molecule has 1 amide bonds. The van der Waals surface area contributed by atoms with Gasteiger partial charge in [-0.25, -0.2) is 8.42 Å². The van der Waals surface area contributed by atoms with Crippen molar-refractivity contribution in [1.29, 1.82) is 0 Å². The summed E-state index contributed by atoms with van der Waals surface area (Å²) in [5.74, 6) is 0.143. The predicted molar refractivity (Wildman–Crippen MR) is 103 cm³/mol. The molecule has 1 saturated carbocycles. The molecule has 8 nitrogen and oxygen atoms in total. The molecule has 0 saturated heterocycles. The van der Waals surface area contributed by atoms with E-state index in [1.165, 1.54) is 24.3 Å². The van der Waals surface area contributed by atoms with Gasteiger partial charge in [-0.1, -0.05) is 18.2 Å². The number of benzene rings is 1. The zero-order chi connectivity index (χ0) is 19.7. The highest BCUT2D eigenvalue weighted by atomic mass is 32.2. The number of hydrogen-bond acceptors (Lipinski definition) is 6. The van der Waals surface area contributed by atoms with Crippen LogP contribution in [0.3, 0.4) is 0 Å². The lowest BCUT2D eigenvalue weighted by molar-refractivity contribution is 0.0920. The Labute approximate surface area is 166 Å². The number of aromatic nitrogens is 3. The van der Waals surface area contributed by atoms with Gasteiger partial charge in [0.25, 0.3) is 5.91 Å². The first-order valence-corrected chi connectivity index (χ1v) is 10.8. The zero-order valence-electron chi connectivity index (χ0n) is 14.8. The highest BCUT2D eigenvalue weighted by Gasteiger charge is 2.27. The number of nitrogens with zero attached hydrogens (tertiary/aromatic N) is 2. The fraction of sp³-hybridized carbons (Fsp3) is 0.278. The number of H-pyrrole nitrogens is 1. The summed E-state index contributed by atoms with van der Waals surface area (Å²) in [5.41, 5.74) is 0. The number of hydrogen-bond donors (Lipinski definition) is 2. The first-order chi connectivity index (χ1) is 13.4. The van der Waals surface area contributed by atoms with Crippen molar-refractivity contribution in [3.05, 3.63) is 64.6 Å². The normalized spacial score (nSPS) is 14.1. The lowest BCUT2D eigenvalue weighted by Gasteiger charge is -2.06. The maximum atomic E-state index is 12.4. The SMILES string of the molecule is O=C(NCc1n[nH]c(=S)n1C1CC1)c1ccc(CS(=O)(=O)c2ccccc2)o1. The van der Waals surface area contributed by atoms with E-state index >= 15 is 0 Å². The van der Waals surface area contributed by atoms with E-state index in [4.69, 9.17) is 16.6 Å². The molecule has 2 heterocycles. The number of amides is 1. The van der Waals surface area contributed by atoms with E-state index in [0.29, 0.717) is 16.6 Å². The van der Waals surface area contributed by atoms with Gasteiger partial charge >= 0.3 is 0 Å². The molecule has 0 atom stereocenters. The lowest BCUT2D eigenvalue weighted by atomic mass is 10.4. The van der Waals surface area contributed by atoms with Crippen LogP contribution in [0.1, 0.15) is 41.0 Å². The molecule has 146 valence electrons. The maximum Gasteiger partial charge on any atom is 0.287 e. The van der Waals surface area contributed by atoms with Gasteiger partial charge in [-0.2, -0.15) is 5.10 Å².